The molecule has 0 saturated carbocycles. The molecule has 0 saturated heterocycles. The summed E-state index contributed by atoms with van der Waals surface area (Å²) in [6, 6.07) is 10.1. The van der Waals surface area contributed by atoms with E-state index in [0.29, 0.717) is 11.5 Å². The second kappa shape index (κ2) is 7.13. The Labute approximate surface area is 165 Å². The number of anilines is 3. The molecule has 28 heavy (non-hydrogen) atoms. The molecule has 0 aliphatic rings. The van der Waals surface area contributed by atoms with Crippen molar-refractivity contribution >= 4 is 49.0 Å². The number of nitrogens with one attached hydrogen (secondary N) is 2. The molecule has 0 amide bonds. The standard InChI is InChI=1S/C18H16N6O2S2/c1-11-7-8-19-18(22-11)24-28(25,26)14-5-3-13(4-6-14)23-16-15-9-12(2)27-17(15)21-10-20-16/h3-10H,1-2H3,(H,19,22,24)(H,20,21,23). The predicted molar refractivity (Wildman–Crippen MR) is 109 cm³/mol. The summed E-state index contributed by atoms with van der Waals surface area (Å²) in [5, 5.41) is 4.14. The fraction of sp³-hybridized carbons (Fsp3) is 0.111. The molecule has 0 aliphatic carbocycles. The zero-order valence-electron chi connectivity index (χ0n) is 15.0. The SMILES string of the molecule is Cc1ccnc(NS(=O)(=O)c2ccc(Nc3ncnc4sc(C)cc34)cc2)n1. The van der Waals surface area contributed by atoms with Gasteiger partial charge in [-0.1, -0.05) is 0 Å². The fourth-order valence-electron chi connectivity index (χ4n) is 2.61. The summed E-state index contributed by atoms with van der Waals surface area (Å²) in [5.74, 6) is 0.717. The van der Waals surface area contributed by atoms with Gasteiger partial charge >= 0.3 is 0 Å². The summed E-state index contributed by atoms with van der Waals surface area (Å²) in [6.45, 7) is 3.78. The Balaban J connectivity index is 1.56. The first-order valence-electron chi connectivity index (χ1n) is 8.31. The lowest BCUT2D eigenvalue weighted by Gasteiger charge is -2.09. The first kappa shape index (κ1) is 18.3. The predicted octanol–water partition coefficient (Wildman–Crippen LogP) is 3.64. The van der Waals surface area contributed by atoms with Crippen LogP contribution in [-0.2, 0) is 10.0 Å². The van der Waals surface area contributed by atoms with E-state index in [-0.39, 0.29) is 10.8 Å². The number of nitrogens with zero attached hydrogens (tertiary/aromatic N) is 4. The van der Waals surface area contributed by atoms with Gasteiger partial charge in [0.2, 0.25) is 5.95 Å². The van der Waals surface area contributed by atoms with Gasteiger partial charge in [-0.25, -0.2) is 33.1 Å². The van der Waals surface area contributed by atoms with Crippen LogP contribution >= 0.6 is 11.3 Å². The van der Waals surface area contributed by atoms with Crippen LogP contribution in [0.15, 0.2) is 53.8 Å². The third kappa shape index (κ3) is 3.78. The number of aromatic nitrogens is 4. The highest BCUT2D eigenvalue weighted by molar-refractivity contribution is 7.92. The maximum Gasteiger partial charge on any atom is 0.264 e. The van der Waals surface area contributed by atoms with Crippen molar-refractivity contribution in [3.63, 3.8) is 0 Å². The average Bonchev–Trinajstić information content (AvgIpc) is 3.03. The second-order valence-electron chi connectivity index (χ2n) is 6.07. The number of hydrogen-bond donors (Lipinski definition) is 2. The minimum absolute atomic E-state index is 0.0402. The van der Waals surface area contributed by atoms with Gasteiger partial charge in [0, 0.05) is 22.5 Å². The molecule has 4 aromatic rings. The zero-order valence-corrected chi connectivity index (χ0v) is 16.7. The average molecular weight is 413 g/mol. The Morgan fingerprint density at radius 1 is 1.00 bits per heavy atom. The Kier molecular flexibility index (Phi) is 4.65. The van der Waals surface area contributed by atoms with Crippen LogP contribution in [0.4, 0.5) is 17.5 Å². The molecule has 0 radical (unpaired) electrons. The van der Waals surface area contributed by atoms with Crippen LogP contribution in [0.1, 0.15) is 10.6 Å². The van der Waals surface area contributed by atoms with Gasteiger partial charge in [0.1, 0.15) is 17.0 Å². The van der Waals surface area contributed by atoms with Crippen molar-refractivity contribution in [1.82, 2.24) is 19.9 Å². The lowest BCUT2D eigenvalue weighted by molar-refractivity contribution is 0.601. The van der Waals surface area contributed by atoms with E-state index in [0.717, 1.165) is 20.8 Å². The van der Waals surface area contributed by atoms with Crippen molar-refractivity contribution in [2.75, 3.05) is 10.0 Å². The van der Waals surface area contributed by atoms with Gasteiger partial charge in [0.15, 0.2) is 0 Å². The molecule has 0 unspecified atom stereocenters. The van der Waals surface area contributed by atoms with Crippen LogP contribution in [0.2, 0.25) is 0 Å². The monoisotopic (exact) mass is 412 g/mol. The molecule has 4 rings (SSSR count). The summed E-state index contributed by atoms with van der Waals surface area (Å²) in [4.78, 5) is 18.7. The maximum absolute atomic E-state index is 12.5. The summed E-state index contributed by atoms with van der Waals surface area (Å²) in [6.07, 6.45) is 3.01. The van der Waals surface area contributed by atoms with E-state index >= 15 is 0 Å². The minimum Gasteiger partial charge on any atom is -0.340 e. The molecule has 8 nitrogen and oxygen atoms in total. The van der Waals surface area contributed by atoms with Gasteiger partial charge in [-0.3, -0.25) is 0 Å². The minimum atomic E-state index is -3.78. The number of rotatable bonds is 5. The molecule has 1 aromatic carbocycles. The molecule has 0 fully saturated rings. The molecule has 3 heterocycles. The normalized spacial score (nSPS) is 11.5. The number of hydrogen-bond acceptors (Lipinski definition) is 8. The molecule has 10 heteroatoms. The van der Waals surface area contributed by atoms with Crippen molar-refractivity contribution in [1.29, 1.82) is 0 Å². The van der Waals surface area contributed by atoms with E-state index in [1.54, 1.807) is 36.5 Å². The number of thiophene rings is 1. The van der Waals surface area contributed by atoms with Crippen molar-refractivity contribution in [2.24, 2.45) is 0 Å². The lowest BCUT2D eigenvalue weighted by atomic mass is 10.3. The Morgan fingerprint density at radius 3 is 2.54 bits per heavy atom. The van der Waals surface area contributed by atoms with Crippen LogP contribution in [0.5, 0.6) is 0 Å². The van der Waals surface area contributed by atoms with E-state index in [2.05, 4.69) is 30.0 Å². The number of fused-ring (bicyclic) bond motifs is 1. The van der Waals surface area contributed by atoms with Gasteiger partial charge in [-0.2, -0.15) is 0 Å². The van der Waals surface area contributed by atoms with Crippen LogP contribution < -0.4 is 10.0 Å². The van der Waals surface area contributed by atoms with E-state index in [1.165, 1.54) is 24.7 Å². The Morgan fingerprint density at radius 2 is 1.79 bits per heavy atom. The van der Waals surface area contributed by atoms with Crippen LogP contribution in [0, 0.1) is 13.8 Å². The van der Waals surface area contributed by atoms with Crippen molar-refractivity contribution in [3.05, 3.63) is 59.5 Å². The molecule has 3 aromatic heterocycles. The first-order valence-corrected chi connectivity index (χ1v) is 10.6. The zero-order chi connectivity index (χ0) is 19.7. The molecule has 0 aliphatic heterocycles. The Bertz CT molecular complexity index is 1250. The van der Waals surface area contributed by atoms with Crippen LogP contribution in [0.3, 0.4) is 0 Å². The van der Waals surface area contributed by atoms with Crippen molar-refractivity contribution in [2.45, 2.75) is 18.7 Å². The third-order valence-corrected chi connectivity index (χ3v) is 6.20. The summed E-state index contributed by atoms with van der Waals surface area (Å²) in [7, 11) is -3.78. The highest BCUT2D eigenvalue weighted by atomic mass is 32.2. The number of benzene rings is 1. The van der Waals surface area contributed by atoms with Crippen LogP contribution in [-0.4, -0.2) is 28.4 Å². The summed E-state index contributed by atoms with van der Waals surface area (Å²) < 4.78 is 27.4. The smallest absolute Gasteiger partial charge is 0.264 e. The van der Waals surface area contributed by atoms with Gasteiger partial charge in [0.05, 0.1) is 10.3 Å². The molecule has 0 spiro atoms. The highest BCUT2D eigenvalue weighted by Gasteiger charge is 2.16. The summed E-state index contributed by atoms with van der Waals surface area (Å²) in [5.41, 5.74) is 1.39. The molecule has 142 valence electrons. The summed E-state index contributed by atoms with van der Waals surface area (Å²) >= 11 is 1.59. The van der Waals surface area contributed by atoms with E-state index in [9.17, 15) is 8.42 Å². The fourth-order valence-corrected chi connectivity index (χ4v) is 4.41. The van der Waals surface area contributed by atoms with Gasteiger partial charge in [0.25, 0.3) is 10.0 Å². The van der Waals surface area contributed by atoms with Crippen molar-refractivity contribution in [3.8, 4) is 0 Å². The van der Waals surface area contributed by atoms with Crippen molar-refractivity contribution < 1.29 is 8.42 Å². The maximum atomic E-state index is 12.5. The van der Waals surface area contributed by atoms with Gasteiger partial charge in [-0.15, -0.1) is 11.3 Å². The molecule has 0 bridgehead atoms. The third-order valence-electron chi connectivity index (χ3n) is 3.90. The van der Waals surface area contributed by atoms with E-state index < -0.39 is 10.0 Å². The lowest BCUT2D eigenvalue weighted by Crippen LogP contribution is -2.15. The largest absolute Gasteiger partial charge is 0.340 e. The topological polar surface area (TPSA) is 110 Å². The Hall–Kier alpha value is -3.11. The number of sulfonamides is 1. The molecular formula is C18H16N6O2S2. The molecule has 0 atom stereocenters. The first-order chi connectivity index (χ1) is 13.4. The molecule has 2 N–H and O–H groups in total. The molecular weight excluding hydrogens is 396 g/mol. The van der Waals surface area contributed by atoms with Gasteiger partial charge < -0.3 is 5.32 Å². The van der Waals surface area contributed by atoms with E-state index in [1.807, 2.05) is 13.0 Å². The van der Waals surface area contributed by atoms with E-state index in [4.69, 9.17) is 0 Å². The second-order valence-corrected chi connectivity index (χ2v) is 8.99. The van der Waals surface area contributed by atoms with Gasteiger partial charge in [-0.05, 0) is 50.2 Å². The highest BCUT2D eigenvalue weighted by Crippen LogP contribution is 2.29. The number of aryl methyl sites for hydroxylation is 2. The van der Waals surface area contributed by atoms with Crippen LogP contribution in [0.25, 0.3) is 10.2 Å². The quantitative estimate of drug-likeness (QED) is 0.515.